The molecular formula is C23H37IN4O3. The number of hydrogen-bond acceptors (Lipinski definition) is 5. The van der Waals surface area contributed by atoms with Crippen LogP contribution in [0.15, 0.2) is 33.8 Å². The fourth-order valence-electron chi connectivity index (χ4n) is 3.15. The second-order valence-electron chi connectivity index (χ2n) is 7.23. The lowest BCUT2D eigenvalue weighted by atomic mass is 9.99. The molecular weight excluding hydrogens is 507 g/mol. The highest BCUT2D eigenvalue weighted by Crippen LogP contribution is 2.23. The lowest BCUT2D eigenvalue weighted by Crippen LogP contribution is -2.36. The van der Waals surface area contributed by atoms with E-state index in [1.165, 1.54) is 0 Å². The first kappa shape index (κ1) is 27.2. The lowest BCUT2D eigenvalue weighted by Gasteiger charge is -2.13. The first-order valence-corrected chi connectivity index (χ1v) is 10.8. The molecule has 0 atom stereocenters. The fraction of sp³-hybridized carbons (Fsp3) is 0.565. The van der Waals surface area contributed by atoms with Crippen LogP contribution in [0.4, 0.5) is 0 Å². The maximum atomic E-state index is 5.87. The van der Waals surface area contributed by atoms with Gasteiger partial charge in [0.15, 0.2) is 11.7 Å². The van der Waals surface area contributed by atoms with E-state index in [0.717, 1.165) is 53.7 Å². The number of ether oxygens (including phenoxy) is 2. The van der Waals surface area contributed by atoms with Gasteiger partial charge in [-0.2, -0.15) is 0 Å². The third kappa shape index (κ3) is 9.06. The largest absolute Gasteiger partial charge is 0.491 e. The van der Waals surface area contributed by atoms with Crippen LogP contribution >= 0.6 is 24.0 Å². The molecule has 0 bridgehead atoms. The topological polar surface area (TPSA) is 80.9 Å². The number of nitrogens with one attached hydrogen (secondary N) is 2. The Bertz CT molecular complexity index is 791. The summed E-state index contributed by atoms with van der Waals surface area (Å²) in [5.74, 6) is 2.82. The van der Waals surface area contributed by atoms with E-state index < -0.39 is 0 Å². The molecule has 2 N–H and O–H groups in total. The number of halogens is 1. The standard InChI is InChI=1S/C23H36N4O3.HI/c1-6-18(7-2)21-14-20(30-27-21)16-26-23(24-8-3)25-15-19-10-9-17(4)13-22(19)29-12-11-28-5;/h9-10,13-14,18H,6-8,11-12,15-16H2,1-5H3,(H2,24,25,26);1H. The Balaban J connectivity index is 0.00000480. The molecule has 0 unspecified atom stereocenters. The molecule has 1 aromatic heterocycles. The summed E-state index contributed by atoms with van der Waals surface area (Å²) in [5, 5.41) is 10.8. The van der Waals surface area contributed by atoms with Crippen LogP contribution in [0.5, 0.6) is 5.75 Å². The zero-order valence-electron chi connectivity index (χ0n) is 19.4. The van der Waals surface area contributed by atoms with Crippen molar-refractivity contribution in [2.45, 2.75) is 59.5 Å². The maximum Gasteiger partial charge on any atom is 0.191 e. The highest BCUT2D eigenvalue weighted by molar-refractivity contribution is 14.0. The average molecular weight is 544 g/mol. The predicted octanol–water partition coefficient (Wildman–Crippen LogP) is 4.79. The minimum Gasteiger partial charge on any atom is -0.491 e. The van der Waals surface area contributed by atoms with E-state index in [1.54, 1.807) is 7.11 Å². The van der Waals surface area contributed by atoms with Crippen LogP contribution in [0.25, 0.3) is 0 Å². The monoisotopic (exact) mass is 544 g/mol. The van der Waals surface area contributed by atoms with E-state index in [2.05, 4.69) is 48.7 Å². The van der Waals surface area contributed by atoms with Crippen LogP contribution in [0.1, 0.15) is 62.1 Å². The molecule has 1 heterocycles. The second kappa shape index (κ2) is 15.1. The molecule has 174 valence electrons. The Labute approximate surface area is 203 Å². The summed E-state index contributed by atoms with van der Waals surface area (Å²) < 4.78 is 16.5. The molecule has 2 aromatic rings. The van der Waals surface area contributed by atoms with Crippen molar-refractivity contribution in [1.82, 2.24) is 15.8 Å². The van der Waals surface area contributed by atoms with Crippen molar-refractivity contribution in [3.05, 3.63) is 46.8 Å². The minimum atomic E-state index is 0. The van der Waals surface area contributed by atoms with Crippen molar-refractivity contribution in [3.63, 3.8) is 0 Å². The maximum absolute atomic E-state index is 5.87. The van der Waals surface area contributed by atoms with E-state index >= 15 is 0 Å². The van der Waals surface area contributed by atoms with Crippen molar-refractivity contribution in [2.75, 3.05) is 26.9 Å². The van der Waals surface area contributed by atoms with Gasteiger partial charge in [0.25, 0.3) is 0 Å². The minimum absolute atomic E-state index is 0. The van der Waals surface area contributed by atoms with Crippen LogP contribution in [0.3, 0.4) is 0 Å². The summed E-state index contributed by atoms with van der Waals surface area (Å²) in [6.07, 6.45) is 2.12. The molecule has 8 heteroatoms. The summed E-state index contributed by atoms with van der Waals surface area (Å²) in [5.41, 5.74) is 3.21. The number of guanidine groups is 1. The zero-order chi connectivity index (χ0) is 21.8. The normalized spacial score (nSPS) is 11.4. The number of nitrogens with zero attached hydrogens (tertiary/aromatic N) is 2. The first-order chi connectivity index (χ1) is 14.6. The van der Waals surface area contributed by atoms with Gasteiger partial charge in [-0.25, -0.2) is 4.99 Å². The van der Waals surface area contributed by atoms with E-state index in [9.17, 15) is 0 Å². The number of aliphatic imine (C=N–C) groups is 1. The molecule has 0 radical (unpaired) electrons. The molecule has 1 aromatic carbocycles. The lowest BCUT2D eigenvalue weighted by molar-refractivity contribution is 0.145. The van der Waals surface area contributed by atoms with Crippen molar-refractivity contribution < 1.29 is 14.0 Å². The molecule has 0 saturated heterocycles. The van der Waals surface area contributed by atoms with Crippen molar-refractivity contribution in [1.29, 1.82) is 0 Å². The zero-order valence-corrected chi connectivity index (χ0v) is 21.7. The molecule has 0 aliphatic heterocycles. The highest BCUT2D eigenvalue weighted by atomic mass is 127. The van der Waals surface area contributed by atoms with Gasteiger partial charge in [-0.15, -0.1) is 24.0 Å². The molecule has 0 aliphatic carbocycles. The SMILES string of the molecule is CCNC(=NCc1ccc(C)cc1OCCOC)NCc1cc(C(CC)CC)no1.I. The number of rotatable bonds is 12. The Morgan fingerprint density at radius 3 is 2.58 bits per heavy atom. The van der Waals surface area contributed by atoms with Gasteiger partial charge in [-0.3, -0.25) is 0 Å². The smallest absolute Gasteiger partial charge is 0.191 e. The second-order valence-corrected chi connectivity index (χ2v) is 7.23. The van der Waals surface area contributed by atoms with Crippen LogP contribution < -0.4 is 15.4 Å². The van der Waals surface area contributed by atoms with Gasteiger partial charge in [-0.05, 0) is 38.3 Å². The van der Waals surface area contributed by atoms with Gasteiger partial charge < -0.3 is 24.6 Å². The summed E-state index contributed by atoms with van der Waals surface area (Å²) in [6, 6.07) is 8.20. The Hall–Kier alpha value is -1.81. The van der Waals surface area contributed by atoms with E-state index in [-0.39, 0.29) is 24.0 Å². The van der Waals surface area contributed by atoms with Crippen molar-refractivity contribution >= 4 is 29.9 Å². The van der Waals surface area contributed by atoms with Crippen LogP contribution in [0, 0.1) is 6.92 Å². The summed E-state index contributed by atoms with van der Waals surface area (Å²) in [4.78, 5) is 4.71. The molecule has 0 fully saturated rings. The number of aryl methyl sites for hydroxylation is 1. The van der Waals surface area contributed by atoms with Crippen LogP contribution in [0.2, 0.25) is 0 Å². The highest BCUT2D eigenvalue weighted by Gasteiger charge is 2.13. The molecule has 0 aliphatic rings. The average Bonchev–Trinajstić information content (AvgIpc) is 3.21. The number of methoxy groups -OCH3 is 1. The molecule has 0 amide bonds. The fourth-order valence-corrected chi connectivity index (χ4v) is 3.15. The third-order valence-corrected chi connectivity index (χ3v) is 4.93. The number of benzene rings is 1. The third-order valence-electron chi connectivity index (χ3n) is 4.93. The van der Waals surface area contributed by atoms with Crippen molar-refractivity contribution in [3.8, 4) is 5.75 Å². The van der Waals surface area contributed by atoms with Gasteiger partial charge >= 0.3 is 0 Å². The quantitative estimate of drug-likeness (QED) is 0.173. The van der Waals surface area contributed by atoms with Crippen LogP contribution in [-0.2, 0) is 17.8 Å². The van der Waals surface area contributed by atoms with Crippen LogP contribution in [-0.4, -0.2) is 38.0 Å². The summed E-state index contributed by atoms with van der Waals surface area (Å²) in [6.45, 7) is 11.3. The Morgan fingerprint density at radius 2 is 1.90 bits per heavy atom. The molecule has 0 spiro atoms. The first-order valence-electron chi connectivity index (χ1n) is 10.8. The van der Waals surface area contributed by atoms with Gasteiger partial charge in [0, 0.05) is 31.2 Å². The number of hydrogen-bond donors (Lipinski definition) is 2. The van der Waals surface area contributed by atoms with Gasteiger partial charge in [-0.1, -0.05) is 31.1 Å². The molecule has 2 rings (SSSR count). The van der Waals surface area contributed by atoms with Gasteiger partial charge in [0.05, 0.1) is 25.4 Å². The van der Waals surface area contributed by atoms with E-state index in [1.807, 2.05) is 19.1 Å². The molecule has 31 heavy (non-hydrogen) atoms. The Morgan fingerprint density at radius 1 is 1.13 bits per heavy atom. The summed E-state index contributed by atoms with van der Waals surface area (Å²) in [7, 11) is 1.67. The van der Waals surface area contributed by atoms with E-state index in [0.29, 0.717) is 32.2 Å². The van der Waals surface area contributed by atoms with Gasteiger partial charge in [0.2, 0.25) is 0 Å². The number of aromatic nitrogens is 1. The molecule has 7 nitrogen and oxygen atoms in total. The molecule has 0 saturated carbocycles. The van der Waals surface area contributed by atoms with Crippen molar-refractivity contribution in [2.24, 2.45) is 4.99 Å². The van der Waals surface area contributed by atoms with E-state index in [4.69, 9.17) is 19.0 Å². The Kier molecular flexibility index (Phi) is 13.2. The van der Waals surface area contributed by atoms with Gasteiger partial charge in [0.1, 0.15) is 12.4 Å². The summed E-state index contributed by atoms with van der Waals surface area (Å²) >= 11 is 0. The predicted molar refractivity (Wildman–Crippen MR) is 135 cm³/mol.